The molecule has 14 atom stereocenters. The largest absolute Gasteiger partial charge is 0.497 e. The second kappa shape index (κ2) is 67.1. The number of aliphatic hydroxyl groups excluding tert-OH is 2. The van der Waals surface area contributed by atoms with Crippen LogP contribution in [0.4, 0.5) is 0 Å². The van der Waals surface area contributed by atoms with Crippen LogP contribution < -0.4 is 41.4 Å². The van der Waals surface area contributed by atoms with E-state index in [4.69, 9.17) is 62.9 Å². The summed E-state index contributed by atoms with van der Waals surface area (Å²) in [6.45, 7) is 24.3. The van der Waals surface area contributed by atoms with Crippen molar-refractivity contribution in [2.24, 2.45) is 33.5 Å². The zero-order valence-electron chi connectivity index (χ0n) is 90.5. The van der Waals surface area contributed by atoms with Crippen molar-refractivity contribution in [3.63, 3.8) is 0 Å². The summed E-state index contributed by atoms with van der Waals surface area (Å²) in [6.07, 6.45) is -1.08. The number of Topliss-reactive ketones (excluding diaryl/α,β-unsaturated/α-hetero) is 4. The molecule has 0 spiro atoms. The molecule has 0 aromatic heterocycles. The van der Waals surface area contributed by atoms with Gasteiger partial charge in [0, 0.05) is 265 Å². The Morgan fingerprint density at radius 2 is 0.773 bits per heavy atom. The van der Waals surface area contributed by atoms with Crippen LogP contribution in [0.3, 0.4) is 0 Å². The Labute approximate surface area is 905 Å². The minimum absolute atomic E-state index is 0. The number of aliphatic hydroxyl groups is 2. The SMILES string of the molecule is CC[C@]1(C)CN(C(=O)CCNC(=O)CCC(=O)CCC(=O)NCCCC(=O)CCCOCCOC2O[C@H](COC(C)=O)[C@H](C)[C@H](OC(C)=O)[C@H]2NC(C)=O)C[C@]1(C)CO.COc1ccc(C(OC[C@]2(C)CN(C(=O)CCNC(=O)CCC(=O)CCC(=O)NCCCC(=O)CCCOCCOC3O[C@H](COC(C)=O)[C@H](C)[C@H](OC(C)=O)[C@H]3NC(C)=O)C[C@]2(C)CO)(c2ccccc2)c2ccc(OC)cc2)cc1.O=C1CCC(=O)O1.[3H][B].[U]. The van der Waals surface area contributed by atoms with Gasteiger partial charge in [0.05, 0.1) is 73.3 Å². The molecular formula is C106H157BN8O34U. The van der Waals surface area contributed by atoms with Crippen LogP contribution in [0.15, 0.2) is 78.9 Å². The summed E-state index contributed by atoms with van der Waals surface area (Å²) >= 11 is 0. The number of carbonyl (C=O) groups is 18. The average molecular weight is 2340 g/mol. The summed E-state index contributed by atoms with van der Waals surface area (Å²) in [4.78, 5) is 220. The van der Waals surface area contributed by atoms with Gasteiger partial charge in [0.15, 0.2) is 12.6 Å². The van der Waals surface area contributed by atoms with E-state index < -0.39 is 119 Å². The van der Waals surface area contributed by atoms with Crippen LogP contribution in [0.25, 0.3) is 0 Å². The normalized spacial score (nSPS) is 22.6. The van der Waals surface area contributed by atoms with E-state index in [2.05, 4.69) is 51.9 Å². The fraction of sp³-hybridized carbons (Fsp3) is 0.660. The van der Waals surface area contributed by atoms with Gasteiger partial charge in [0.25, 0.3) is 0 Å². The summed E-state index contributed by atoms with van der Waals surface area (Å²) < 4.78 is 83.9. The summed E-state index contributed by atoms with van der Waals surface area (Å²) in [6, 6.07) is 23.7. The monoisotopic (exact) mass is 2340 g/mol. The Morgan fingerprint density at radius 1 is 0.433 bits per heavy atom. The third-order valence-corrected chi connectivity index (χ3v) is 27.4. The first-order chi connectivity index (χ1) is 71.3. The maximum absolute atomic E-state index is 13.7. The van der Waals surface area contributed by atoms with Gasteiger partial charge in [-0.2, -0.15) is 0 Å². The molecule has 832 valence electrons. The van der Waals surface area contributed by atoms with Gasteiger partial charge in [-0.15, -0.1) is 0 Å². The van der Waals surface area contributed by atoms with Crippen LogP contribution in [-0.4, -0.2) is 324 Å². The van der Waals surface area contributed by atoms with Gasteiger partial charge in [-0.05, 0) is 79.8 Å². The van der Waals surface area contributed by atoms with Crippen molar-refractivity contribution in [3.05, 3.63) is 95.6 Å². The number of benzene rings is 3. The van der Waals surface area contributed by atoms with Gasteiger partial charge < -0.3 is 118 Å². The van der Waals surface area contributed by atoms with Crippen molar-refractivity contribution >= 4 is 115 Å². The number of rotatable bonds is 61. The number of nitrogens with zero attached hydrogens (tertiary/aromatic N) is 2. The zero-order chi connectivity index (χ0) is 111. The maximum Gasteiger partial charge on any atom is 0.314 e. The number of carbonyl (C=O) groups excluding carboxylic acids is 18. The summed E-state index contributed by atoms with van der Waals surface area (Å²) in [5.41, 5.74) is -0.558. The summed E-state index contributed by atoms with van der Waals surface area (Å²) in [5.74, 6) is -5.36. The molecule has 0 aliphatic carbocycles. The topological polar surface area (TPSA) is 556 Å². The van der Waals surface area contributed by atoms with Crippen molar-refractivity contribution in [2.75, 3.05) is 139 Å². The molecule has 5 aliphatic heterocycles. The molecular weight excluding hydrogens is 2180 g/mol. The van der Waals surface area contributed by atoms with E-state index in [0.29, 0.717) is 56.8 Å². The van der Waals surface area contributed by atoms with Crippen LogP contribution in [0.2, 0.25) is 0 Å². The van der Waals surface area contributed by atoms with Crippen LogP contribution in [-0.2, 0) is 149 Å². The maximum atomic E-state index is 13.7. The molecule has 5 fully saturated rings. The molecule has 3 aromatic carbocycles. The first kappa shape index (κ1) is 130. The number of hydrogen-bond donors (Lipinski definition) is 8. The fourth-order valence-electron chi connectivity index (χ4n) is 17.9. The van der Waals surface area contributed by atoms with E-state index in [1.807, 2.05) is 107 Å². The molecule has 8 amide bonds. The summed E-state index contributed by atoms with van der Waals surface area (Å²) in [7, 11) is 6.97. The number of methoxy groups -OCH3 is 2. The average Bonchev–Trinajstić information content (AvgIpc) is 1.71. The Bertz CT molecular complexity index is 4800. The van der Waals surface area contributed by atoms with E-state index in [9.17, 15) is 96.5 Å². The molecule has 42 nitrogen and oxygen atoms in total. The first-order valence-electron chi connectivity index (χ1n) is 51.4. The van der Waals surface area contributed by atoms with E-state index in [-0.39, 0.29) is 315 Å². The predicted molar refractivity (Wildman–Crippen MR) is 540 cm³/mol. The van der Waals surface area contributed by atoms with Crippen LogP contribution in [0, 0.1) is 64.6 Å². The molecule has 0 saturated carbocycles. The minimum atomic E-state index is -1.11. The number of esters is 6. The Kier molecular flexibility index (Phi) is 58.1. The molecule has 2 radical (unpaired) electrons. The van der Waals surface area contributed by atoms with Gasteiger partial charge in [-0.1, -0.05) is 103 Å². The van der Waals surface area contributed by atoms with Crippen LogP contribution in [0.1, 0.15) is 242 Å². The number of hydrogen-bond acceptors (Lipinski definition) is 34. The second-order valence-electron chi connectivity index (χ2n) is 39.0. The van der Waals surface area contributed by atoms with Gasteiger partial charge in [0.1, 0.15) is 89.9 Å². The first-order valence-corrected chi connectivity index (χ1v) is 50.8. The molecule has 0 bridgehead atoms. The van der Waals surface area contributed by atoms with Gasteiger partial charge in [0.2, 0.25) is 47.3 Å². The van der Waals surface area contributed by atoms with Gasteiger partial charge in [-0.3, -0.25) is 86.3 Å². The molecule has 5 heterocycles. The summed E-state index contributed by atoms with van der Waals surface area (Å²) in [5, 5.41) is 37.1. The van der Waals surface area contributed by atoms with Crippen molar-refractivity contribution in [3.8, 4) is 11.5 Å². The number of amides is 8. The second-order valence-corrected chi connectivity index (χ2v) is 39.0. The Morgan fingerprint density at radius 3 is 1.10 bits per heavy atom. The molecule has 3 aromatic rings. The third kappa shape index (κ3) is 43.6. The zero-order valence-corrected chi connectivity index (χ0v) is 93.7. The minimum Gasteiger partial charge on any atom is -0.497 e. The van der Waals surface area contributed by atoms with Crippen LogP contribution in [0.5, 0.6) is 11.5 Å². The number of cyclic esters (lactones) is 2. The number of ether oxygens (including phenoxy) is 14. The molecule has 44 heteroatoms. The fourth-order valence-corrected chi connectivity index (χ4v) is 17.9. The molecule has 5 saturated heterocycles. The van der Waals surface area contributed by atoms with E-state index in [0.717, 1.165) is 23.1 Å². The van der Waals surface area contributed by atoms with Crippen molar-refractivity contribution < 1.29 is 194 Å². The molecule has 2 unspecified atom stereocenters. The number of likely N-dealkylation sites (tertiary alicyclic amines) is 2. The van der Waals surface area contributed by atoms with E-state index >= 15 is 0 Å². The Balaban J connectivity index is 0.000000602. The van der Waals surface area contributed by atoms with Gasteiger partial charge >= 0.3 is 35.8 Å². The molecule has 5 aliphatic rings. The van der Waals surface area contributed by atoms with Crippen molar-refractivity contribution in [1.82, 2.24) is 41.7 Å². The van der Waals surface area contributed by atoms with Crippen LogP contribution >= 0.6 is 0 Å². The van der Waals surface area contributed by atoms with Gasteiger partial charge in [-0.25, -0.2) is 0 Å². The predicted octanol–water partition coefficient (Wildman–Crippen LogP) is 5.85. The van der Waals surface area contributed by atoms with Crippen molar-refractivity contribution in [1.29, 1.82) is 1.34 Å². The van der Waals surface area contributed by atoms with E-state index in [1.165, 1.54) is 41.5 Å². The van der Waals surface area contributed by atoms with Crippen molar-refractivity contribution in [2.45, 2.75) is 280 Å². The number of nitrogens with one attached hydrogen (secondary N) is 6. The number of ketones is 4. The third-order valence-electron chi connectivity index (χ3n) is 27.4. The van der Waals surface area contributed by atoms with E-state index in [1.54, 1.807) is 37.9 Å². The quantitative estimate of drug-likeness (QED) is 0.00819. The standard InChI is InChI=1S/C61H84N4O17.C41H68N4O14.C4H4O3.BH.U/c1-41-52(36-79-43(3)68)82-58(56(64-42(2)67)57(41)81-44(4)69)78-35-34-77-33-13-17-48(70)16-12-31-62-53(72)28-22-49(71)23-29-54(73)63-32-30-55(74)65-37-59(5,39-66)60(6,38-65)40-80-61(45-14-10-9-11-15-45,46-18-24-50(75-7)25-19-46)47-20-26-51(76-8)27-21-47;1-8-40(6)24-45(25-41(40,7)26-46)36(54)17-19-43-35(53)16-14-32(51)13-15-34(52)42-18-9-11-31(50)12-10-20-55-21-22-56-39-37(44-28(3)47)38(58-30(5)49)27(2)33(59-39)23-57-29(4)48;5-3-1-2-4(6)7-3;;/h9-11,14-15,18-21,24-27,41,52,56-58,66H,12-13,16-17,22-23,28-40H2,1-8H3,(H,62,72)(H,63,73)(H,64,67);27,33,37-39,46H,8-26H2,1-7H3,(H,42,52)(H,43,53)(H,44,47);1-2H2;1H;/t41-,52+,56+,57-,58?,59+,60-;27-,33+,37+,38-,39?,40+,41+;;;/m00.../s1/i;;;1T;. The molecule has 150 heavy (non-hydrogen) atoms. The molecule has 8 rings (SSSR count). The smallest absolute Gasteiger partial charge is 0.314 e. The Hall–Kier alpha value is -10.5. The molecule has 8 N–H and O–H groups in total.